The summed E-state index contributed by atoms with van der Waals surface area (Å²) in [5.74, 6) is 0.881. The lowest BCUT2D eigenvalue weighted by atomic mass is 10.0. The number of hydrogen-bond acceptors (Lipinski definition) is 2. The molecule has 1 N–H and O–H groups in total. The molecule has 0 aromatic rings. The molecule has 0 aromatic carbocycles. The van der Waals surface area contributed by atoms with Crippen LogP contribution in [-0.2, 0) is 0 Å². The van der Waals surface area contributed by atoms with E-state index in [0.29, 0.717) is 6.04 Å². The van der Waals surface area contributed by atoms with Gasteiger partial charge in [-0.25, -0.2) is 0 Å². The third-order valence-electron chi connectivity index (χ3n) is 3.57. The van der Waals surface area contributed by atoms with Gasteiger partial charge in [0.2, 0.25) is 0 Å². The lowest BCUT2D eigenvalue weighted by Crippen LogP contribution is -2.39. The second kappa shape index (κ2) is 5.72. The first-order chi connectivity index (χ1) is 6.69. The first-order valence-electron chi connectivity index (χ1n) is 6.11. The van der Waals surface area contributed by atoms with Gasteiger partial charge in [-0.3, -0.25) is 4.90 Å². The molecule has 2 heteroatoms. The van der Waals surface area contributed by atoms with Crippen molar-refractivity contribution >= 4 is 0 Å². The molecule has 84 valence electrons. The lowest BCUT2D eigenvalue weighted by Gasteiger charge is -2.28. The summed E-state index contributed by atoms with van der Waals surface area (Å²) in [7, 11) is 0. The summed E-state index contributed by atoms with van der Waals surface area (Å²) < 4.78 is 0. The van der Waals surface area contributed by atoms with E-state index >= 15 is 0 Å². The fourth-order valence-electron chi connectivity index (χ4n) is 2.46. The van der Waals surface area contributed by atoms with Crippen LogP contribution in [0.4, 0.5) is 0 Å². The Morgan fingerprint density at radius 3 is 2.71 bits per heavy atom. The SMILES string of the molecule is CCCC1CCN(C(C)C(O)CC)C1. The molecule has 0 aliphatic carbocycles. The summed E-state index contributed by atoms with van der Waals surface area (Å²) in [5.41, 5.74) is 0. The van der Waals surface area contributed by atoms with Crippen molar-refractivity contribution in [3.05, 3.63) is 0 Å². The Bertz CT molecular complexity index is 160. The maximum Gasteiger partial charge on any atom is 0.0690 e. The summed E-state index contributed by atoms with van der Waals surface area (Å²) in [4.78, 5) is 2.45. The molecule has 0 saturated carbocycles. The van der Waals surface area contributed by atoms with Gasteiger partial charge >= 0.3 is 0 Å². The van der Waals surface area contributed by atoms with Gasteiger partial charge in [0, 0.05) is 12.6 Å². The molecule has 3 atom stereocenters. The highest BCUT2D eigenvalue weighted by molar-refractivity contribution is 4.82. The Morgan fingerprint density at radius 2 is 2.14 bits per heavy atom. The van der Waals surface area contributed by atoms with E-state index in [1.54, 1.807) is 0 Å². The van der Waals surface area contributed by atoms with Crippen LogP contribution in [0, 0.1) is 5.92 Å². The first kappa shape index (κ1) is 12.0. The van der Waals surface area contributed by atoms with E-state index < -0.39 is 0 Å². The number of rotatable bonds is 5. The highest BCUT2D eigenvalue weighted by Crippen LogP contribution is 2.23. The van der Waals surface area contributed by atoms with Crippen molar-refractivity contribution in [1.29, 1.82) is 0 Å². The van der Waals surface area contributed by atoms with Crippen LogP contribution in [0.3, 0.4) is 0 Å². The molecule has 2 nitrogen and oxygen atoms in total. The van der Waals surface area contributed by atoms with Crippen LogP contribution in [0.1, 0.15) is 46.5 Å². The van der Waals surface area contributed by atoms with E-state index in [1.807, 2.05) is 0 Å². The highest BCUT2D eigenvalue weighted by atomic mass is 16.3. The summed E-state index contributed by atoms with van der Waals surface area (Å²) in [6.45, 7) is 8.85. The monoisotopic (exact) mass is 199 g/mol. The van der Waals surface area contributed by atoms with E-state index in [4.69, 9.17) is 0 Å². The lowest BCUT2D eigenvalue weighted by molar-refractivity contribution is 0.0669. The van der Waals surface area contributed by atoms with E-state index in [-0.39, 0.29) is 6.10 Å². The van der Waals surface area contributed by atoms with Crippen molar-refractivity contribution in [3.63, 3.8) is 0 Å². The average molecular weight is 199 g/mol. The minimum absolute atomic E-state index is 0.143. The Labute approximate surface area is 88.3 Å². The van der Waals surface area contributed by atoms with E-state index in [9.17, 15) is 5.11 Å². The number of likely N-dealkylation sites (tertiary alicyclic amines) is 1. The Balaban J connectivity index is 2.33. The van der Waals surface area contributed by atoms with Crippen LogP contribution in [0.25, 0.3) is 0 Å². The van der Waals surface area contributed by atoms with Crippen molar-refractivity contribution in [2.75, 3.05) is 13.1 Å². The zero-order valence-electron chi connectivity index (χ0n) is 9.87. The van der Waals surface area contributed by atoms with Crippen molar-refractivity contribution in [2.24, 2.45) is 5.92 Å². The molecular formula is C12H25NO. The number of aliphatic hydroxyl groups excluding tert-OH is 1. The van der Waals surface area contributed by atoms with Gasteiger partial charge in [-0.1, -0.05) is 20.3 Å². The minimum atomic E-state index is -0.143. The second-order valence-corrected chi connectivity index (χ2v) is 4.65. The van der Waals surface area contributed by atoms with E-state index in [2.05, 4.69) is 25.7 Å². The molecule has 1 heterocycles. The fourth-order valence-corrected chi connectivity index (χ4v) is 2.46. The first-order valence-corrected chi connectivity index (χ1v) is 6.11. The third kappa shape index (κ3) is 2.96. The topological polar surface area (TPSA) is 23.5 Å². The van der Waals surface area contributed by atoms with Crippen LogP contribution in [0.5, 0.6) is 0 Å². The molecule has 1 aliphatic rings. The summed E-state index contributed by atoms with van der Waals surface area (Å²) >= 11 is 0. The van der Waals surface area contributed by atoms with Gasteiger partial charge in [-0.05, 0) is 38.6 Å². The molecular weight excluding hydrogens is 174 g/mol. The molecule has 0 radical (unpaired) electrons. The minimum Gasteiger partial charge on any atom is -0.392 e. The van der Waals surface area contributed by atoms with Crippen LogP contribution in [-0.4, -0.2) is 35.2 Å². The normalized spacial score (nSPS) is 27.9. The predicted molar refractivity (Wildman–Crippen MR) is 60.3 cm³/mol. The second-order valence-electron chi connectivity index (χ2n) is 4.65. The van der Waals surface area contributed by atoms with Crippen LogP contribution in [0.15, 0.2) is 0 Å². The molecule has 1 rings (SSSR count). The summed E-state index contributed by atoms with van der Waals surface area (Å²) in [6, 6.07) is 0.349. The molecule has 0 bridgehead atoms. The Kier molecular flexibility index (Phi) is 4.90. The zero-order valence-corrected chi connectivity index (χ0v) is 9.87. The number of aliphatic hydroxyl groups is 1. The van der Waals surface area contributed by atoms with E-state index in [0.717, 1.165) is 12.3 Å². The summed E-state index contributed by atoms with van der Waals surface area (Å²) in [5, 5.41) is 9.76. The number of hydrogen-bond donors (Lipinski definition) is 1. The molecule has 14 heavy (non-hydrogen) atoms. The Hall–Kier alpha value is -0.0800. The Morgan fingerprint density at radius 1 is 1.43 bits per heavy atom. The average Bonchev–Trinajstić information content (AvgIpc) is 2.64. The van der Waals surface area contributed by atoms with Crippen molar-refractivity contribution < 1.29 is 5.11 Å². The maximum absolute atomic E-state index is 9.76. The van der Waals surface area contributed by atoms with E-state index in [1.165, 1.54) is 32.4 Å². The van der Waals surface area contributed by atoms with Gasteiger partial charge in [0.05, 0.1) is 6.10 Å². The molecule has 1 aliphatic heterocycles. The van der Waals surface area contributed by atoms with Gasteiger partial charge in [0.1, 0.15) is 0 Å². The number of nitrogens with zero attached hydrogens (tertiary/aromatic N) is 1. The van der Waals surface area contributed by atoms with Crippen LogP contribution >= 0.6 is 0 Å². The zero-order chi connectivity index (χ0) is 10.6. The van der Waals surface area contributed by atoms with Gasteiger partial charge in [0.15, 0.2) is 0 Å². The molecule has 1 fully saturated rings. The smallest absolute Gasteiger partial charge is 0.0690 e. The van der Waals surface area contributed by atoms with Crippen LogP contribution < -0.4 is 0 Å². The fraction of sp³-hybridized carbons (Fsp3) is 1.00. The van der Waals surface area contributed by atoms with Gasteiger partial charge in [-0.2, -0.15) is 0 Å². The maximum atomic E-state index is 9.76. The summed E-state index contributed by atoms with van der Waals surface area (Å²) in [6.07, 6.45) is 4.70. The third-order valence-corrected chi connectivity index (χ3v) is 3.57. The molecule has 1 saturated heterocycles. The van der Waals surface area contributed by atoms with Gasteiger partial charge in [-0.15, -0.1) is 0 Å². The molecule has 0 aromatic heterocycles. The van der Waals surface area contributed by atoms with Gasteiger partial charge < -0.3 is 5.11 Å². The van der Waals surface area contributed by atoms with Crippen LogP contribution in [0.2, 0.25) is 0 Å². The van der Waals surface area contributed by atoms with Crippen molar-refractivity contribution in [1.82, 2.24) is 4.90 Å². The molecule has 0 spiro atoms. The predicted octanol–water partition coefficient (Wildman–Crippen LogP) is 2.27. The molecule has 0 amide bonds. The highest BCUT2D eigenvalue weighted by Gasteiger charge is 2.28. The quantitative estimate of drug-likeness (QED) is 0.734. The van der Waals surface area contributed by atoms with Gasteiger partial charge in [0.25, 0.3) is 0 Å². The largest absolute Gasteiger partial charge is 0.392 e. The molecule has 3 unspecified atom stereocenters. The van der Waals surface area contributed by atoms with Crippen molar-refractivity contribution in [2.45, 2.75) is 58.6 Å². The standard InChI is InChI=1S/C12H25NO/c1-4-6-11-7-8-13(9-11)10(3)12(14)5-2/h10-12,14H,4-9H2,1-3H3. The van der Waals surface area contributed by atoms with Crippen molar-refractivity contribution in [3.8, 4) is 0 Å².